The van der Waals surface area contributed by atoms with Crippen molar-refractivity contribution in [2.45, 2.75) is 24.2 Å². The van der Waals surface area contributed by atoms with Crippen LogP contribution in [0.4, 0.5) is 5.69 Å². The van der Waals surface area contributed by atoms with E-state index in [1.807, 2.05) is 24.3 Å². The lowest BCUT2D eigenvalue weighted by molar-refractivity contribution is -0.156. The number of carbonyl (C=O) groups excluding carboxylic acids is 2. The zero-order valence-corrected chi connectivity index (χ0v) is 11.9. The van der Waals surface area contributed by atoms with E-state index in [1.54, 1.807) is 19.1 Å². The van der Waals surface area contributed by atoms with Gasteiger partial charge in [-0.1, -0.05) is 18.2 Å². The van der Waals surface area contributed by atoms with E-state index in [-0.39, 0.29) is 36.5 Å². The third-order valence-electron chi connectivity index (χ3n) is 4.79. The van der Waals surface area contributed by atoms with Gasteiger partial charge in [-0.25, -0.2) is 0 Å². The minimum Gasteiger partial charge on any atom is -0.378 e. The van der Waals surface area contributed by atoms with Crippen LogP contribution >= 0.6 is 0 Å². The molecule has 0 spiro atoms. The first-order valence-electron chi connectivity index (χ1n) is 7.08. The molecule has 0 bridgehead atoms. The maximum Gasteiger partial charge on any atom is 0.248 e. The molecular formula is C15H17N3O3. The van der Waals surface area contributed by atoms with Gasteiger partial charge < -0.3 is 19.9 Å². The molecule has 4 atom stereocenters. The van der Waals surface area contributed by atoms with Crippen molar-refractivity contribution < 1.29 is 14.3 Å². The van der Waals surface area contributed by atoms with Crippen LogP contribution in [0.3, 0.4) is 0 Å². The highest BCUT2D eigenvalue weighted by Crippen LogP contribution is 2.48. The molecule has 2 amide bonds. The van der Waals surface area contributed by atoms with E-state index in [2.05, 4.69) is 5.32 Å². The number of nitrogens with zero attached hydrogens (tertiary/aromatic N) is 2. The smallest absolute Gasteiger partial charge is 0.248 e. The molecule has 4 rings (SSSR count). The van der Waals surface area contributed by atoms with Gasteiger partial charge in [0.05, 0.1) is 18.6 Å². The van der Waals surface area contributed by atoms with Gasteiger partial charge in [0.2, 0.25) is 11.8 Å². The third-order valence-corrected chi connectivity index (χ3v) is 4.79. The van der Waals surface area contributed by atoms with Crippen LogP contribution in [0.2, 0.25) is 0 Å². The minimum absolute atomic E-state index is 0.00407. The number of likely N-dealkylation sites (N-methyl/N-ethyl adjacent to an activating group) is 1. The Hall–Kier alpha value is -2.08. The predicted molar refractivity (Wildman–Crippen MR) is 75.7 cm³/mol. The summed E-state index contributed by atoms with van der Waals surface area (Å²) < 4.78 is 5.64. The molecule has 2 fully saturated rings. The monoisotopic (exact) mass is 287 g/mol. The van der Waals surface area contributed by atoms with Crippen LogP contribution in [-0.2, 0) is 14.3 Å². The molecule has 3 heterocycles. The normalized spacial score (nSPS) is 33.6. The molecule has 6 heteroatoms. The number of rotatable bonds is 1. The lowest BCUT2D eigenvalue weighted by atomic mass is 9.93. The Labute approximate surface area is 122 Å². The fourth-order valence-corrected chi connectivity index (χ4v) is 3.90. The fraction of sp³-hybridized carbons (Fsp3) is 0.467. The maximum absolute atomic E-state index is 12.5. The van der Waals surface area contributed by atoms with Crippen molar-refractivity contribution in [3.63, 3.8) is 0 Å². The average Bonchev–Trinajstić information content (AvgIpc) is 2.98. The Morgan fingerprint density at radius 2 is 2.05 bits per heavy atom. The van der Waals surface area contributed by atoms with E-state index >= 15 is 0 Å². The number of ether oxygens (including phenoxy) is 1. The Morgan fingerprint density at radius 3 is 2.81 bits per heavy atom. The second kappa shape index (κ2) is 4.21. The van der Waals surface area contributed by atoms with Gasteiger partial charge >= 0.3 is 0 Å². The van der Waals surface area contributed by atoms with Gasteiger partial charge in [0.1, 0.15) is 12.2 Å². The summed E-state index contributed by atoms with van der Waals surface area (Å²) in [6.07, 6.45) is -0.507. The summed E-state index contributed by atoms with van der Waals surface area (Å²) in [6, 6.07) is 7.44. The second-order valence-corrected chi connectivity index (χ2v) is 5.84. The van der Waals surface area contributed by atoms with Crippen LogP contribution < -0.4 is 5.32 Å². The Kier molecular flexibility index (Phi) is 2.53. The summed E-state index contributed by atoms with van der Waals surface area (Å²) in [7, 11) is 3.28. The average molecular weight is 287 g/mol. The van der Waals surface area contributed by atoms with Crippen LogP contribution in [0.25, 0.3) is 0 Å². The van der Waals surface area contributed by atoms with Crippen LogP contribution in [0.5, 0.6) is 0 Å². The molecule has 2 saturated heterocycles. The van der Waals surface area contributed by atoms with Gasteiger partial charge in [0.15, 0.2) is 0 Å². The number of methoxy groups -OCH3 is 1. The summed E-state index contributed by atoms with van der Waals surface area (Å²) in [5.41, 5.74) is 2.14. The van der Waals surface area contributed by atoms with Crippen molar-refractivity contribution in [1.29, 1.82) is 0 Å². The molecule has 0 saturated carbocycles. The number of para-hydroxylation sites is 1. The van der Waals surface area contributed by atoms with Crippen molar-refractivity contribution in [1.82, 2.24) is 9.80 Å². The van der Waals surface area contributed by atoms with E-state index in [4.69, 9.17) is 4.74 Å². The van der Waals surface area contributed by atoms with Crippen molar-refractivity contribution in [2.75, 3.05) is 26.0 Å². The zero-order valence-electron chi connectivity index (χ0n) is 11.9. The molecule has 0 aliphatic carbocycles. The van der Waals surface area contributed by atoms with Gasteiger partial charge in [-0.05, 0) is 11.6 Å². The summed E-state index contributed by atoms with van der Waals surface area (Å²) in [5, 5.41) is 3.38. The topological polar surface area (TPSA) is 61.9 Å². The SMILES string of the molecule is CO[C@H]1C2c3ccccc3N[C@@H]2N2C(=O)CN(C)C(=O)[C@H]12. The molecule has 110 valence electrons. The number of hydrogen-bond acceptors (Lipinski definition) is 4. The first-order valence-corrected chi connectivity index (χ1v) is 7.08. The first-order chi connectivity index (χ1) is 10.1. The minimum atomic E-state index is -0.530. The summed E-state index contributed by atoms with van der Waals surface area (Å²) in [5.74, 6) is -0.0808. The number of amides is 2. The van der Waals surface area contributed by atoms with E-state index in [9.17, 15) is 9.59 Å². The molecule has 3 aliphatic rings. The summed E-state index contributed by atoms with van der Waals surface area (Å²) >= 11 is 0. The molecule has 21 heavy (non-hydrogen) atoms. The highest BCUT2D eigenvalue weighted by Gasteiger charge is 2.60. The lowest BCUT2D eigenvalue weighted by Crippen LogP contribution is -2.61. The van der Waals surface area contributed by atoms with Gasteiger partial charge in [-0.3, -0.25) is 9.59 Å². The van der Waals surface area contributed by atoms with Crippen LogP contribution in [0.15, 0.2) is 24.3 Å². The predicted octanol–water partition coefficient (Wildman–Crippen LogP) is 0.220. The van der Waals surface area contributed by atoms with E-state index < -0.39 is 6.04 Å². The molecule has 1 unspecified atom stereocenters. The van der Waals surface area contributed by atoms with Gasteiger partial charge in [-0.2, -0.15) is 0 Å². The molecule has 1 N–H and O–H groups in total. The van der Waals surface area contributed by atoms with Crippen molar-refractivity contribution in [2.24, 2.45) is 0 Å². The van der Waals surface area contributed by atoms with Crippen LogP contribution in [0.1, 0.15) is 11.5 Å². The number of hydrogen-bond donors (Lipinski definition) is 1. The molecule has 6 nitrogen and oxygen atoms in total. The van der Waals surface area contributed by atoms with Gasteiger partial charge in [0.25, 0.3) is 0 Å². The fourth-order valence-electron chi connectivity index (χ4n) is 3.90. The van der Waals surface area contributed by atoms with E-state index in [1.165, 1.54) is 4.90 Å². The van der Waals surface area contributed by atoms with E-state index in [0.29, 0.717) is 0 Å². The van der Waals surface area contributed by atoms with Crippen molar-refractivity contribution in [3.05, 3.63) is 29.8 Å². The van der Waals surface area contributed by atoms with Gasteiger partial charge in [-0.15, -0.1) is 0 Å². The standard InChI is InChI=1S/C15H17N3O3/c1-17-7-10(19)18-12(15(17)20)13(21-2)11-8-5-3-4-6-9(8)16-14(11)18/h3-6,11-14,16H,7H2,1-2H3/t11?,12-,13-,14+/m0/s1. The largest absolute Gasteiger partial charge is 0.378 e. The number of nitrogens with one attached hydrogen (secondary N) is 1. The number of carbonyl (C=O) groups is 2. The third kappa shape index (κ3) is 1.51. The number of benzene rings is 1. The number of fused-ring (bicyclic) bond motifs is 5. The van der Waals surface area contributed by atoms with E-state index in [0.717, 1.165) is 11.3 Å². The highest BCUT2D eigenvalue weighted by molar-refractivity contribution is 5.97. The first kappa shape index (κ1) is 12.6. The molecule has 1 aromatic carbocycles. The van der Waals surface area contributed by atoms with Crippen LogP contribution in [-0.4, -0.2) is 60.6 Å². The lowest BCUT2D eigenvalue weighted by Gasteiger charge is -2.38. The quantitative estimate of drug-likeness (QED) is 0.802. The number of piperazine rings is 1. The summed E-state index contributed by atoms with van der Waals surface area (Å²) in [6.45, 7) is 0.132. The number of anilines is 1. The molecule has 3 aliphatic heterocycles. The van der Waals surface area contributed by atoms with Crippen LogP contribution in [0, 0.1) is 0 Å². The highest BCUT2D eigenvalue weighted by atomic mass is 16.5. The molecule has 0 radical (unpaired) electrons. The zero-order chi connectivity index (χ0) is 14.7. The maximum atomic E-state index is 12.5. The van der Waals surface area contributed by atoms with Crippen molar-refractivity contribution >= 4 is 17.5 Å². The Bertz CT molecular complexity index is 632. The molecular weight excluding hydrogens is 270 g/mol. The Morgan fingerprint density at radius 1 is 1.29 bits per heavy atom. The van der Waals surface area contributed by atoms with Gasteiger partial charge in [0, 0.05) is 19.8 Å². The van der Waals surface area contributed by atoms with Crippen molar-refractivity contribution in [3.8, 4) is 0 Å². The Balaban J connectivity index is 1.82. The second-order valence-electron chi connectivity index (χ2n) is 5.84. The molecule has 0 aromatic heterocycles. The molecule has 1 aromatic rings. The summed E-state index contributed by atoms with van der Waals surface area (Å²) in [4.78, 5) is 28.1.